The third kappa shape index (κ3) is 0.754. The summed E-state index contributed by atoms with van der Waals surface area (Å²) in [5.41, 5.74) is 0. The molecular weight excluding hydrogens is 140 g/mol. The first kappa shape index (κ1) is 4.63. The van der Waals surface area contributed by atoms with Gasteiger partial charge in [-0.25, -0.2) is 0 Å². The van der Waals surface area contributed by atoms with E-state index in [-0.39, 0.29) is 0 Å². The third-order valence-corrected chi connectivity index (χ3v) is 2.00. The zero-order valence-corrected chi connectivity index (χ0v) is 5.46. The lowest BCUT2D eigenvalue weighted by Gasteiger charge is -1.76. The minimum Gasteiger partial charge on any atom is -0.0922 e. The van der Waals surface area contributed by atoms with Crippen LogP contribution in [0.2, 0.25) is 0 Å². The molecule has 1 radical (unpaired) electrons. The van der Waals surface area contributed by atoms with Gasteiger partial charge in [0.25, 0.3) is 0 Å². The number of rotatable bonds is 1. The van der Waals surface area contributed by atoms with Crippen molar-refractivity contribution >= 4 is 15.9 Å². The zero-order chi connectivity index (χ0) is 4.57. The Balaban J connectivity index is 2.09. The van der Waals surface area contributed by atoms with Crippen LogP contribution in [0.1, 0.15) is 13.3 Å². The molecule has 0 saturated heterocycles. The van der Waals surface area contributed by atoms with Crippen LogP contribution in [-0.4, -0.2) is 5.33 Å². The molecule has 1 rings (SSSR count). The zero-order valence-electron chi connectivity index (χ0n) is 3.87. The topological polar surface area (TPSA) is 0 Å². The third-order valence-electron chi connectivity index (χ3n) is 1.28. The molecule has 0 amide bonds. The molecule has 1 aliphatic carbocycles. The van der Waals surface area contributed by atoms with Gasteiger partial charge in [0.15, 0.2) is 0 Å². The van der Waals surface area contributed by atoms with E-state index in [1.54, 1.807) is 5.92 Å². The van der Waals surface area contributed by atoms with Gasteiger partial charge in [0.1, 0.15) is 0 Å². The molecule has 0 heterocycles. The first-order valence-corrected chi connectivity index (χ1v) is 3.37. The second kappa shape index (κ2) is 1.53. The van der Waals surface area contributed by atoms with E-state index in [1.807, 2.05) is 0 Å². The average Bonchev–Trinajstić information content (AvgIpc) is 2.19. The molecule has 0 N–H and O–H groups in total. The molecule has 35 valence electrons. The summed E-state index contributed by atoms with van der Waals surface area (Å²) >= 11 is 3.38. The molecule has 6 heavy (non-hydrogen) atoms. The molecule has 0 unspecified atom stereocenters. The number of hydrogen-bond acceptors (Lipinski definition) is 0. The summed E-state index contributed by atoms with van der Waals surface area (Å²) in [5, 5.41) is 1.13. The van der Waals surface area contributed by atoms with Crippen molar-refractivity contribution in [3.05, 3.63) is 5.92 Å². The highest BCUT2D eigenvalue weighted by molar-refractivity contribution is 9.09. The van der Waals surface area contributed by atoms with Crippen LogP contribution in [0.3, 0.4) is 0 Å². The maximum atomic E-state index is 3.38. The molecule has 0 spiro atoms. The monoisotopic (exact) mass is 147 g/mol. The molecule has 0 nitrogen and oxygen atoms in total. The Morgan fingerprint density at radius 2 is 2.50 bits per heavy atom. The van der Waals surface area contributed by atoms with Gasteiger partial charge in [-0.05, 0) is 18.3 Å². The second-order valence-electron chi connectivity index (χ2n) is 1.90. The number of halogens is 1. The van der Waals surface area contributed by atoms with Gasteiger partial charge in [-0.1, -0.05) is 22.9 Å². The fourth-order valence-electron chi connectivity index (χ4n) is 0.521. The second-order valence-corrected chi connectivity index (χ2v) is 2.46. The lowest BCUT2D eigenvalue weighted by atomic mass is 10.4. The Bertz CT molecular complexity index is 49.9. The van der Waals surface area contributed by atoms with Gasteiger partial charge in [0.05, 0.1) is 0 Å². The van der Waals surface area contributed by atoms with Crippen LogP contribution < -0.4 is 0 Å². The molecule has 1 saturated carbocycles. The van der Waals surface area contributed by atoms with E-state index in [1.165, 1.54) is 6.42 Å². The fourth-order valence-corrected chi connectivity index (χ4v) is 1.30. The predicted molar refractivity (Wildman–Crippen MR) is 30.8 cm³/mol. The lowest BCUT2D eigenvalue weighted by Crippen LogP contribution is -1.70. The van der Waals surface area contributed by atoms with Crippen molar-refractivity contribution in [1.82, 2.24) is 0 Å². The minimum absolute atomic E-state index is 0.935. The summed E-state index contributed by atoms with van der Waals surface area (Å²) in [7, 11) is 0. The SMILES string of the molecule is C[C@@H]1C[C]1CBr. The van der Waals surface area contributed by atoms with Crippen LogP contribution in [-0.2, 0) is 0 Å². The van der Waals surface area contributed by atoms with Crippen molar-refractivity contribution in [2.45, 2.75) is 13.3 Å². The van der Waals surface area contributed by atoms with E-state index >= 15 is 0 Å². The molecule has 0 bridgehead atoms. The van der Waals surface area contributed by atoms with Crippen molar-refractivity contribution in [1.29, 1.82) is 0 Å². The summed E-state index contributed by atoms with van der Waals surface area (Å²) < 4.78 is 0. The summed E-state index contributed by atoms with van der Waals surface area (Å²) in [6.45, 7) is 2.26. The standard InChI is InChI=1S/C5H8Br/c1-4-2-5(4)3-6/h4H,2-3H2,1H3/t4-/m1/s1. The molecule has 0 aromatic carbocycles. The van der Waals surface area contributed by atoms with Crippen molar-refractivity contribution < 1.29 is 0 Å². The fraction of sp³-hybridized carbons (Fsp3) is 0.800. The highest BCUT2D eigenvalue weighted by Gasteiger charge is 2.31. The smallest absolute Gasteiger partial charge is 0.00963 e. The number of hydrogen-bond donors (Lipinski definition) is 0. The lowest BCUT2D eigenvalue weighted by molar-refractivity contribution is 0.993. The molecule has 1 heteroatoms. The van der Waals surface area contributed by atoms with E-state index in [0.717, 1.165) is 11.2 Å². The molecule has 0 aromatic heterocycles. The Morgan fingerprint density at radius 1 is 2.00 bits per heavy atom. The quantitative estimate of drug-likeness (QED) is 0.499. The first-order valence-electron chi connectivity index (χ1n) is 2.25. The average molecular weight is 148 g/mol. The summed E-state index contributed by atoms with van der Waals surface area (Å²) in [6, 6.07) is 0. The Morgan fingerprint density at radius 3 is 2.50 bits per heavy atom. The van der Waals surface area contributed by atoms with Crippen LogP contribution in [0, 0.1) is 11.8 Å². The molecule has 0 aliphatic heterocycles. The van der Waals surface area contributed by atoms with E-state index in [9.17, 15) is 0 Å². The Kier molecular flexibility index (Phi) is 1.18. The van der Waals surface area contributed by atoms with Crippen molar-refractivity contribution in [3.8, 4) is 0 Å². The normalized spacial score (nSPS) is 34.0. The molecule has 1 fully saturated rings. The Hall–Kier alpha value is 0.480. The van der Waals surface area contributed by atoms with E-state index in [2.05, 4.69) is 22.9 Å². The highest BCUT2D eigenvalue weighted by atomic mass is 79.9. The van der Waals surface area contributed by atoms with Gasteiger partial charge in [-0.2, -0.15) is 0 Å². The maximum absolute atomic E-state index is 3.38. The van der Waals surface area contributed by atoms with E-state index in [4.69, 9.17) is 0 Å². The molecular formula is C5H8Br. The largest absolute Gasteiger partial charge is 0.0922 e. The van der Waals surface area contributed by atoms with E-state index in [0.29, 0.717) is 0 Å². The van der Waals surface area contributed by atoms with Gasteiger partial charge in [0.2, 0.25) is 0 Å². The first-order chi connectivity index (χ1) is 2.84. The van der Waals surface area contributed by atoms with Crippen molar-refractivity contribution in [2.75, 3.05) is 5.33 Å². The van der Waals surface area contributed by atoms with Crippen molar-refractivity contribution in [3.63, 3.8) is 0 Å². The molecule has 1 aliphatic rings. The van der Waals surface area contributed by atoms with Gasteiger partial charge in [0, 0.05) is 5.33 Å². The van der Waals surface area contributed by atoms with E-state index < -0.39 is 0 Å². The molecule has 1 atom stereocenters. The van der Waals surface area contributed by atoms with Crippen LogP contribution in [0.5, 0.6) is 0 Å². The van der Waals surface area contributed by atoms with Crippen LogP contribution in [0.15, 0.2) is 0 Å². The predicted octanol–water partition coefficient (Wildman–Crippen LogP) is 2.00. The number of alkyl halides is 1. The Labute approximate surface area is 47.1 Å². The minimum atomic E-state index is 0.935. The van der Waals surface area contributed by atoms with Gasteiger partial charge in [-0.3, -0.25) is 0 Å². The van der Waals surface area contributed by atoms with Crippen molar-refractivity contribution in [2.24, 2.45) is 5.92 Å². The van der Waals surface area contributed by atoms with Gasteiger partial charge >= 0.3 is 0 Å². The summed E-state index contributed by atoms with van der Waals surface area (Å²) in [5.74, 6) is 2.61. The van der Waals surface area contributed by atoms with Crippen LogP contribution in [0.25, 0.3) is 0 Å². The highest BCUT2D eigenvalue weighted by Crippen LogP contribution is 2.41. The van der Waals surface area contributed by atoms with Gasteiger partial charge < -0.3 is 0 Å². The van der Waals surface area contributed by atoms with Gasteiger partial charge in [-0.15, -0.1) is 0 Å². The van der Waals surface area contributed by atoms with Crippen LogP contribution in [0.4, 0.5) is 0 Å². The summed E-state index contributed by atoms with van der Waals surface area (Å²) in [6.07, 6.45) is 1.37. The summed E-state index contributed by atoms with van der Waals surface area (Å²) in [4.78, 5) is 0. The molecule has 0 aromatic rings. The maximum Gasteiger partial charge on any atom is 0.00963 e. The van der Waals surface area contributed by atoms with Crippen LogP contribution >= 0.6 is 15.9 Å².